The summed E-state index contributed by atoms with van der Waals surface area (Å²) in [7, 11) is 0. The average Bonchev–Trinajstić information content (AvgIpc) is 3.27. The van der Waals surface area contributed by atoms with E-state index in [0.29, 0.717) is 29.1 Å². The summed E-state index contributed by atoms with van der Waals surface area (Å²) in [6.07, 6.45) is 9.77. The van der Waals surface area contributed by atoms with Gasteiger partial charge in [0.2, 0.25) is 0 Å². The third kappa shape index (κ3) is 4.36. The van der Waals surface area contributed by atoms with Gasteiger partial charge in [0.1, 0.15) is 17.7 Å². The summed E-state index contributed by atoms with van der Waals surface area (Å²) in [5.74, 6) is -0.123. The number of fused-ring (bicyclic) bond motifs is 1. The Morgan fingerprint density at radius 2 is 2.06 bits per heavy atom. The molecule has 1 fully saturated rings. The Balaban J connectivity index is 1.34. The van der Waals surface area contributed by atoms with Crippen LogP contribution in [-0.4, -0.2) is 47.9 Å². The minimum Gasteiger partial charge on any atom is -0.365 e. The van der Waals surface area contributed by atoms with E-state index >= 15 is 0 Å². The van der Waals surface area contributed by atoms with Crippen molar-refractivity contribution in [3.63, 3.8) is 0 Å². The molecule has 1 aliphatic carbocycles. The molecule has 3 N–H and O–H groups in total. The molecular formula is C23H23FN8O. The van der Waals surface area contributed by atoms with E-state index in [0.717, 1.165) is 24.6 Å². The van der Waals surface area contributed by atoms with Crippen molar-refractivity contribution >= 4 is 22.8 Å². The Kier molecular flexibility index (Phi) is 5.64. The minimum atomic E-state index is -0.477. The molecule has 0 spiro atoms. The van der Waals surface area contributed by atoms with E-state index in [2.05, 4.69) is 40.5 Å². The lowest BCUT2D eigenvalue weighted by Crippen LogP contribution is -2.42. The van der Waals surface area contributed by atoms with Gasteiger partial charge < -0.3 is 15.6 Å². The van der Waals surface area contributed by atoms with Crippen molar-refractivity contribution in [1.29, 1.82) is 0 Å². The molecule has 0 aliphatic heterocycles. The molecule has 0 aromatic carbocycles. The Morgan fingerprint density at radius 3 is 2.91 bits per heavy atom. The van der Waals surface area contributed by atoms with E-state index in [1.54, 1.807) is 43.7 Å². The lowest BCUT2D eigenvalue weighted by molar-refractivity contribution is 0.0921. The lowest BCUT2D eigenvalue weighted by atomic mass is 9.91. The van der Waals surface area contributed by atoms with Gasteiger partial charge in [-0.2, -0.15) is 0 Å². The van der Waals surface area contributed by atoms with Crippen LogP contribution in [0.1, 0.15) is 41.9 Å². The third-order valence-corrected chi connectivity index (χ3v) is 5.86. The summed E-state index contributed by atoms with van der Waals surface area (Å²) in [5, 5.41) is 7.06. The van der Waals surface area contributed by atoms with E-state index in [1.165, 1.54) is 6.33 Å². The van der Waals surface area contributed by atoms with E-state index in [4.69, 9.17) is 0 Å². The number of nitrogens with zero attached hydrogens (tertiary/aromatic N) is 5. The fraction of sp³-hybridized carbons (Fsp3) is 0.304. The number of pyridine rings is 1. The van der Waals surface area contributed by atoms with E-state index < -0.39 is 5.82 Å². The number of rotatable bonds is 5. The smallest absolute Gasteiger partial charge is 0.270 e. The summed E-state index contributed by atoms with van der Waals surface area (Å²) in [5.41, 5.74) is 2.02. The van der Waals surface area contributed by atoms with Crippen molar-refractivity contribution < 1.29 is 9.18 Å². The van der Waals surface area contributed by atoms with Crippen LogP contribution in [0.4, 0.5) is 10.2 Å². The summed E-state index contributed by atoms with van der Waals surface area (Å²) in [4.78, 5) is 36.7. The van der Waals surface area contributed by atoms with Gasteiger partial charge in [-0.25, -0.2) is 24.3 Å². The average molecular weight is 446 g/mol. The first-order valence-corrected chi connectivity index (χ1v) is 10.9. The molecule has 1 aliphatic rings. The molecule has 5 rings (SSSR count). The zero-order valence-corrected chi connectivity index (χ0v) is 18.0. The number of aryl methyl sites for hydroxylation is 1. The highest BCUT2D eigenvalue weighted by Crippen LogP contribution is 2.28. The Hall–Kier alpha value is -3.95. The number of aromatic nitrogens is 6. The molecule has 0 unspecified atom stereocenters. The molecule has 33 heavy (non-hydrogen) atoms. The molecule has 4 aromatic rings. The maximum absolute atomic E-state index is 14.9. The summed E-state index contributed by atoms with van der Waals surface area (Å²) < 4.78 is 14.9. The van der Waals surface area contributed by atoms with Gasteiger partial charge in [0, 0.05) is 41.6 Å². The van der Waals surface area contributed by atoms with Gasteiger partial charge in [-0.3, -0.25) is 9.78 Å². The molecule has 4 aromatic heterocycles. The predicted octanol–water partition coefficient (Wildman–Crippen LogP) is 3.41. The van der Waals surface area contributed by atoms with Crippen molar-refractivity contribution in [2.24, 2.45) is 0 Å². The second kappa shape index (κ2) is 8.89. The highest BCUT2D eigenvalue weighted by atomic mass is 19.1. The van der Waals surface area contributed by atoms with Crippen molar-refractivity contribution in [3.05, 3.63) is 60.3 Å². The first-order chi connectivity index (χ1) is 16.1. The normalized spacial score (nSPS) is 18.2. The number of anilines is 1. The quantitative estimate of drug-likeness (QED) is 0.429. The van der Waals surface area contributed by atoms with Crippen LogP contribution < -0.4 is 10.6 Å². The fourth-order valence-electron chi connectivity index (χ4n) is 4.22. The number of hydrogen-bond donors (Lipinski definition) is 3. The highest BCUT2D eigenvalue weighted by molar-refractivity contribution is 5.92. The molecule has 9 nitrogen and oxygen atoms in total. The second-order valence-corrected chi connectivity index (χ2v) is 8.18. The maximum Gasteiger partial charge on any atom is 0.270 e. The monoisotopic (exact) mass is 446 g/mol. The summed E-state index contributed by atoms with van der Waals surface area (Å²) >= 11 is 0. The number of nitrogens with one attached hydrogen (secondary N) is 3. The third-order valence-electron chi connectivity index (χ3n) is 5.86. The predicted molar refractivity (Wildman–Crippen MR) is 121 cm³/mol. The first kappa shape index (κ1) is 20.9. The van der Waals surface area contributed by atoms with Gasteiger partial charge in [0.15, 0.2) is 17.5 Å². The molecule has 1 amide bonds. The van der Waals surface area contributed by atoms with E-state index in [-0.39, 0.29) is 29.5 Å². The van der Waals surface area contributed by atoms with E-state index in [1.807, 2.05) is 0 Å². The SMILES string of the molecule is Cc1nc(-c2c[nH]c3ncncc23)nc(N[C@@H]2CCC[C@H](NC(=O)c3ccccn3)C2)c1F. The molecule has 1 saturated carbocycles. The van der Waals surface area contributed by atoms with Crippen LogP contribution in [-0.2, 0) is 0 Å². The van der Waals surface area contributed by atoms with Crippen LogP contribution >= 0.6 is 0 Å². The van der Waals surface area contributed by atoms with Gasteiger partial charge in [-0.15, -0.1) is 0 Å². The molecule has 10 heteroatoms. The lowest BCUT2D eigenvalue weighted by Gasteiger charge is -2.30. The molecule has 0 saturated heterocycles. The summed E-state index contributed by atoms with van der Waals surface area (Å²) in [6.45, 7) is 1.62. The number of aromatic amines is 1. The first-order valence-electron chi connectivity index (χ1n) is 10.9. The molecule has 4 heterocycles. The van der Waals surface area contributed by atoms with Gasteiger partial charge in [-0.05, 0) is 44.7 Å². The van der Waals surface area contributed by atoms with Crippen molar-refractivity contribution in [3.8, 4) is 11.4 Å². The van der Waals surface area contributed by atoms with Crippen LogP contribution in [0.15, 0.2) is 43.1 Å². The standard InChI is InChI=1S/C23H23FN8O/c1-13-19(24)22(32-21(29-13)17-11-27-20-16(17)10-25-12-28-20)30-14-5-4-6-15(9-14)31-23(33)18-7-2-3-8-26-18/h2-3,7-8,10-12,14-15H,4-6,9H2,1H3,(H,31,33)(H,25,27,28)(H,29,30,32)/t14-,15+/m1/s1. The zero-order valence-electron chi connectivity index (χ0n) is 18.0. The van der Waals surface area contributed by atoms with Crippen molar-refractivity contribution in [2.75, 3.05) is 5.32 Å². The number of amides is 1. The van der Waals surface area contributed by atoms with Gasteiger partial charge in [0.05, 0.1) is 5.69 Å². The number of hydrogen-bond acceptors (Lipinski definition) is 7. The largest absolute Gasteiger partial charge is 0.365 e. The number of carbonyl (C=O) groups is 1. The molecule has 0 bridgehead atoms. The van der Waals surface area contributed by atoms with Crippen LogP contribution in [0.2, 0.25) is 0 Å². The van der Waals surface area contributed by atoms with Crippen LogP contribution in [0.3, 0.4) is 0 Å². The summed E-state index contributed by atoms with van der Waals surface area (Å²) in [6, 6.07) is 5.18. The number of carbonyl (C=O) groups excluding carboxylic acids is 1. The number of halogens is 1. The topological polar surface area (TPSA) is 121 Å². The van der Waals surface area contributed by atoms with Crippen LogP contribution in [0.25, 0.3) is 22.4 Å². The number of H-pyrrole nitrogens is 1. The molecule has 168 valence electrons. The highest BCUT2D eigenvalue weighted by Gasteiger charge is 2.26. The van der Waals surface area contributed by atoms with Crippen molar-refractivity contribution in [2.45, 2.75) is 44.7 Å². The fourth-order valence-corrected chi connectivity index (χ4v) is 4.22. The van der Waals surface area contributed by atoms with Gasteiger partial charge >= 0.3 is 0 Å². The molecule has 2 atom stereocenters. The minimum absolute atomic E-state index is 0.0259. The van der Waals surface area contributed by atoms with E-state index in [9.17, 15) is 9.18 Å². The second-order valence-electron chi connectivity index (χ2n) is 8.18. The molecular weight excluding hydrogens is 423 g/mol. The maximum atomic E-state index is 14.9. The Bertz CT molecular complexity index is 1290. The van der Waals surface area contributed by atoms with Gasteiger partial charge in [0.25, 0.3) is 5.91 Å². The Labute approximate surface area is 189 Å². The van der Waals surface area contributed by atoms with Crippen molar-refractivity contribution in [1.82, 2.24) is 35.2 Å². The molecule has 0 radical (unpaired) electrons. The van der Waals surface area contributed by atoms with Crippen LogP contribution in [0.5, 0.6) is 0 Å². The Morgan fingerprint density at radius 1 is 1.18 bits per heavy atom. The van der Waals surface area contributed by atoms with Gasteiger partial charge in [-0.1, -0.05) is 6.07 Å². The zero-order chi connectivity index (χ0) is 22.8. The van der Waals surface area contributed by atoms with Crippen LogP contribution in [0, 0.1) is 12.7 Å².